The predicted molar refractivity (Wildman–Crippen MR) is 67.7 cm³/mol. The van der Waals surface area contributed by atoms with Crippen LogP contribution in [0, 0.1) is 0 Å². The van der Waals surface area contributed by atoms with Gasteiger partial charge in [-0.25, -0.2) is 0 Å². The van der Waals surface area contributed by atoms with Gasteiger partial charge in [0.15, 0.2) is 6.29 Å². The van der Waals surface area contributed by atoms with Gasteiger partial charge in [-0.15, -0.1) is 0 Å². The van der Waals surface area contributed by atoms with E-state index in [9.17, 15) is 4.79 Å². The fourth-order valence-corrected chi connectivity index (χ4v) is 1.62. The fraction of sp³-hybridized carbons (Fsp3) is 0.909. The average molecular weight is 296 g/mol. The van der Waals surface area contributed by atoms with Crippen molar-refractivity contribution in [1.82, 2.24) is 4.90 Å². The summed E-state index contributed by atoms with van der Waals surface area (Å²) >= 11 is 3.28. The summed E-state index contributed by atoms with van der Waals surface area (Å²) in [4.78, 5) is 13.3. The van der Waals surface area contributed by atoms with Crippen LogP contribution in [-0.4, -0.2) is 48.2 Å². The molecule has 0 radical (unpaired) electrons. The molecule has 0 bridgehead atoms. The fourth-order valence-electron chi connectivity index (χ4n) is 1.33. The van der Waals surface area contributed by atoms with Crippen LogP contribution in [0.4, 0.5) is 0 Å². The molecular formula is C11H22BrNO3. The van der Waals surface area contributed by atoms with Crippen molar-refractivity contribution in [3.63, 3.8) is 0 Å². The molecule has 4 nitrogen and oxygen atoms in total. The summed E-state index contributed by atoms with van der Waals surface area (Å²) in [6.45, 7) is 9.90. The molecule has 0 heterocycles. The zero-order valence-corrected chi connectivity index (χ0v) is 12.1. The van der Waals surface area contributed by atoms with Crippen molar-refractivity contribution in [3.8, 4) is 0 Å². The van der Waals surface area contributed by atoms with Crippen molar-refractivity contribution < 1.29 is 14.3 Å². The number of nitrogens with zero attached hydrogens (tertiary/aromatic N) is 1. The Morgan fingerprint density at radius 2 is 1.75 bits per heavy atom. The second kappa shape index (κ2) is 8.96. The first-order valence-electron chi connectivity index (χ1n) is 5.72. The Morgan fingerprint density at radius 3 is 2.06 bits per heavy atom. The number of hydrogen-bond donors (Lipinski definition) is 0. The monoisotopic (exact) mass is 295 g/mol. The molecule has 5 heteroatoms. The molecule has 0 aromatic rings. The summed E-state index contributed by atoms with van der Waals surface area (Å²) < 4.78 is 10.8. The van der Waals surface area contributed by atoms with Gasteiger partial charge in [-0.1, -0.05) is 15.9 Å². The van der Waals surface area contributed by atoms with E-state index in [-0.39, 0.29) is 17.0 Å². The van der Waals surface area contributed by atoms with Gasteiger partial charge in [0.1, 0.15) is 0 Å². The summed E-state index contributed by atoms with van der Waals surface area (Å²) in [6.07, 6.45) is -0.329. The van der Waals surface area contributed by atoms with Crippen LogP contribution in [-0.2, 0) is 14.3 Å². The van der Waals surface area contributed by atoms with E-state index < -0.39 is 0 Å². The Hall–Kier alpha value is -0.130. The second-order valence-electron chi connectivity index (χ2n) is 3.33. The van der Waals surface area contributed by atoms with Crippen LogP contribution in [0.3, 0.4) is 0 Å². The first kappa shape index (κ1) is 15.9. The van der Waals surface area contributed by atoms with Crippen LogP contribution in [0.5, 0.6) is 0 Å². The van der Waals surface area contributed by atoms with Crippen molar-refractivity contribution in [2.75, 3.05) is 26.3 Å². The molecular weight excluding hydrogens is 274 g/mol. The van der Waals surface area contributed by atoms with Gasteiger partial charge in [0.25, 0.3) is 0 Å². The van der Waals surface area contributed by atoms with Crippen molar-refractivity contribution in [2.24, 2.45) is 0 Å². The van der Waals surface area contributed by atoms with Crippen LogP contribution in [0.1, 0.15) is 27.7 Å². The number of ether oxygens (including phenoxy) is 2. The molecule has 1 atom stereocenters. The molecule has 0 spiro atoms. The first-order chi connectivity index (χ1) is 7.56. The molecule has 1 unspecified atom stereocenters. The molecule has 0 rings (SSSR count). The first-order valence-corrected chi connectivity index (χ1v) is 6.64. The van der Waals surface area contributed by atoms with E-state index in [1.54, 1.807) is 4.90 Å². The number of alkyl halides is 1. The molecule has 0 aliphatic carbocycles. The van der Waals surface area contributed by atoms with Crippen molar-refractivity contribution >= 4 is 21.8 Å². The molecule has 0 saturated heterocycles. The highest BCUT2D eigenvalue weighted by Gasteiger charge is 2.20. The molecule has 0 aromatic carbocycles. The van der Waals surface area contributed by atoms with Crippen LogP contribution < -0.4 is 0 Å². The molecule has 0 saturated carbocycles. The van der Waals surface area contributed by atoms with E-state index in [0.29, 0.717) is 26.3 Å². The lowest BCUT2D eigenvalue weighted by atomic mass is 10.3. The topological polar surface area (TPSA) is 38.8 Å². The van der Waals surface area contributed by atoms with Crippen LogP contribution in [0.15, 0.2) is 0 Å². The minimum absolute atomic E-state index is 0.0620. The minimum Gasteiger partial charge on any atom is -0.351 e. The van der Waals surface area contributed by atoms with Crippen LogP contribution >= 0.6 is 15.9 Å². The minimum atomic E-state index is -0.329. The number of carbonyl (C=O) groups is 1. The Labute approximate surface area is 106 Å². The Bertz CT molecular complexity index is 194. The lowest BCUT2D eigenvalue weighted by molar-refractivity contribution is -0.157. The summed E-state index contributed by atoms with van der Waals surface area (Å²) in [5, 5.41) is 0. The quantitative estimate of drug-likeness (QED) is 0.508. The summed E-state index contributed by atoms with van der Waals surface area (Å²) in [7, 11) is 0. The molecule has 0 aliphatic rings. The molecule has 0 N–H and O–H groups in total. The highest BCUT2D eigenvalue weighted by molar-refractivity contribution is 9.10. The van der Waals surface area contributed by atoms with Crippen molar-refractivity contribution in [2.45, 2.75) is 38.8 Å². The van der Waals surface area contributed by atoms with E-state index in [1.807, 2.05) is 27.7 Å². The maximum atomic E-state index is 11.8. The molecule has 1 amide bonds. The highest BCUT2D eigenvalue weighted by Crippen LogP contribution is 2.07. The number of hydrogen-bond acceptors (Lipinski definition) is 3. The number of likely N-dealkylation sites (N-methyl/N-ethyl adjacent to an activating group) is 1. The highest BCUT2D eigenvalue weighted by atomic mass is 79.9. The van der Waals surface area contributed by atoms with Gasteiger partial charge in [-0.3, -0.25) is 4.79 Å². The third-order valence-electron chi connectivity index (χ3n) is 2.11. The normalized spacial score (nSPS) is 12.9. The molecule has 0 aliphatic heterocycles. The zero-order valence-electron chi connectivity index (χ0n) is 10.5. The van der Waals surface area contributed by atoms with Gasteiger partial charge in [0.2, 0.25) is 5.91 Å². The third-order valence-corrected chi connectivity index (χ3v) is 2.50. The van der Waals surface area contributed by atoms with Crippen LogP contribution in [0.2, 0.25) is 0 Å². The smallest absolute Gasteiger partial charge is 0.236 e. The molecule has 16 heavy (non-hydrogen) atoms. The van der Waals surface area contributed by atoms with Crippen molar-refractivity contribution in [3.05, 3.63) is 0 Å². The third kappa shape index (κ3) is 5.82. The lowest BCUT2D eigenvalue weighted by Gasteiger charge is -2.27. The molecule has 96 valence electrons. The Kier molecular flexibility index (Phi) is 8.89. The molecule has 0 fully saturated rings. The summed E-state index contributed by atoms with van der Waals surface area (Å²) in [5.74, 6) is 0.0620. The van der Waals surface area contributed by atoms with E-state index in [4.69, 9.17) is 9.47 Å². The summed E-state index contributed by atoms with van der Waals surface area (Å²) in [5.41, 5.74) is 0. The second-order valence-corrected chi connectivity index (χ2v) is 4.71. The maximum Gasteiger partial charge on any atom is 0.236 e. The maximum absolute atomic E-state index is 11.8. The molecule has 0 aromatic heterocycles. The Balaban J connectivity index is 4.30. The van der Waals surface area contributed by atoms with Gasteiger partial charge in [-0.05, 0) is 27.7 Å². The van der Waals surface area contributed by atoms with E-state index in [1.165, 1.54) is 0 Å². The Morgan fingerprint density at radius 1 is 1.25 bits per heavy atom. The van der Waals surface area contributed by atoms with E-state index in [0.717, 1.165) is 0 Å². The van der Waals surface area contributed by atoms with E-state index >= 15 is 0 Å². The number of amides is 1. The zero-order chi connectivity index (χ0) is 12.6. The number of rotatable bonds is 8. The van der Waals surface area contributed by atoms with Gasteiger partial charge < -0.3 is 14.4 Å². The van der Waals surface area contributed by atoms with Crippen LogP contribution in [0.25, 0.3) is 0 Å². The summed E-state index contributed by atoms with van der Waals surface area (Å²) in [6, 6.07) is 0. The standard InChI is InChI=1S/C11H22BrNO3/c1-5-13(11(14)9(4)12)8-10(15-6-2)16-7-3/h9-10H,5-8H2,1-4H3. The number of carbonyl (C=O) groups excluding carboxylic acids is 1. The van der Waals surface area contributed by atoms with Gasteiger partial charge in [0, 0.05) is 19.8 Å². The average Bonchev–Trinajstić information content (AvgIpc) is 2.25. The van der Waals surface area contributed by atoms with Gasteiger partial charge in [-0.2, -0.15) is 0 Å². The van der Waals surface area contributed by atoms with Gasteiger partial charge >= 0.3 is 0 Å². The largest absolute Gasteiger partial charge is 0.351 e. The SMILES string of the molecule is CCOC(CN(CC)C(=O)C(C)Br)OCC. The van der Waals surface area contributed by atoms with Gasteiger partial charge in [0.05, 0.1) is 11.4 Å². The van der Waals surface area contributed by atoms with Crippen molar-refractivity contribution in [1.29, 1.82) is 0 Å². The predicted octanol–water partition coefficient (Wildman–Crippen LogP) is 2.02. The lowest BCUT2D eigenvalue weighted by Crippen LogP contribution is -2.42. The number of halogens is 1. The van der Waals surface area contributed by atoms with E-state index in [2.05, 4.69) is 15.9 Å².